The molecule has 114 valence electrons. The Morgan fingerprint density at radius 2 is 2.19 bits per heavy atom. The zero-order chi connectivity index (χ0) is 15.5. The zero-order valence-corrected chi connectivity index (χ0v) is 12.5. The minimum Gasteiger partial charge on any atom is -0.394 e. The van der Waals surface area contributed by atoms with Crippen LogP contribution in [0.15, 0.2) is 29.3 Å². The molecule has 0 spiro atoms. The van der Waals surface area contributed by atoms with Gasteiger partial charge in [-0.1, -0.05) is 16.8 Å². The molecule has 0 saturated carbocycles. The van der Waals surface area contributed by atoms with Gasteiger partial charge in [-0.05, 0) is 18.2 Å². The van der Waals surface area contributed by atoms with E-state index in [-0.39, 0.29) is 11.5 Å². The fourth-order valence-corrected chi connectivity index (χ4v) is 2.36. The van der Waals surface area contributed by atoms with Crippen LogP contribution in [0.25, 0.3) is 0 Å². The molecule has 2 rings (SSSR count). The van der Waals surface area contributed by atoms with Crippen LogP contribution in [0.2, 0.25) is 5.02 Å². The van der Waals surface area contributed by atoms with Crippen molar-refractivity contribution in [1.82, 2.24) is 15.0 Å². The summed E-state index contributed by atoms with van der Waals surface area (Å²) in [5.41, 5.74) is 1.06. The van der Waals surface area contributed by atoms with Crippen LogP contribution in [0, 0.1) is 0 Å². The molecule has 1 aromatic heterocycles. The third-order valence-electron chi connectivity index (χ3n) is 2.64. The first-order chi connectivity index (χ1) is 9.90. The average molecular weight is 332 g/mol. The van der Waals surface area contributed by atoms with Crippen LogP contribution >= 0.6 is 11.6 Å². The van der Waals surface area contributed by atoms with Gasteiger partial charge in [0.05, 0.1) is 41.5 Å². The van der Waals surface area contributed by atoms with E-state index in [9.17, 15) is 8.42 Å². The molecule has 2 aromatic rings. The third-order valence-corrected chi connectivity index (χ3v) is 3.88. The van der Waals surface area contributed by atoms with Gasteiger partial charge in [-0.15, -0.1) is 5.10 Å². The second-order valence-electron chi connectivity index (χ2n) is 4.24. The number of nitrogens with two attached hydrogens (primary N) is 1. The highest BCUT2D eigenvalue weighted by molar-refractivity contribution is 7.89. The second-order valence-corrected chi connectivity index (χ2v) is 6.21. The van der Waals surface area contributed by atoms with Gasteiger partial charge in [-0.2, -0.15) is 0 Å². The molecule has 0 bridgehead atoms. The van der Waals surface area contributed by atoms with Crippen molar-refractivity contribution in [1.29, 1.82) is 0 Å². The van der Waals surface area contributed by atoms with Crippen LogP contribution in [0.3, 0.4) is 0 Å². The number of aliphatic hydroxyl groups excluding tert-OH is 1. The third kappa shape index (κ3) is 4.14. The van der Waals surface area contributed by atoms with E-state index < -0.39 is 10.0 Å². The average Bonchev–Trinajstić information content (AvgIpc) is 2.84. The van der Waals surface area contributed by atoms with E-state index in [0.717, 1.165) is 0 Å². The van der Waals surface area contributed by atoms with E-state index >= 15 is 0 Å². The van der Waals surface area contributed by atoms with E-state index in [2.05, 4.69) is 15.6 Å². The lowest BCUT2D eigenvalue weighted by Crippen LogP contribution is -2.12. The zero-order valence-electron chi connectivity index (χ0n) is 10.9. The second kappa shape index (κ2) is 6.39. The SMILES string of the molecule is NS(=O)(=O)c1ccc(Cl)c(NCc2cn(CCO)nn2)c1. The summed E-state index contributed by atoms with van der Waals surface area (Å²) in [5, 5.41) is 24.9. The minimum absolute atomic E-state index is 0.0293. The summed E-state index contributed by atoms with van der Waals surface area (Å²) in [6.07, 6.45) is 1.67. The van der Waals surface area contributed by atoms with Crippen molar-refractivity contribution in [3.63, 3.8) is 0 Å². The molecule has 4 N–H and O–H groups in total. The Morgan fingerprint density at radius 3 is 2.86 bits per heavy atom. The number of halogens is 1. The molecule has 0 radical (unpaired) electrons. The number of aromatic nitrogens is 3. The Morgan fingerprint density at radius 1 is 1.43 bits per heavy atom. The van der Waals surface area contributed by atoms with Gasteiger partial charge in [-0.3, -0.25) is 0 Å². The number of aliphatic hydroxyl groups is 1. The highest BCUT2D eigenvalue weighted by Gasteiger charge is 2.11. The molecule has 21 heavy (non-hydrogen) atoms. The molecular weight excluding hydrogens is 318 g/mol. The molecule has 1 heterocycles. The van der Waals surface area contributed by atoms with Crippen LogP contribution in [-0.2, 0) is 23.1 Å². The molecule has 0 saturated heterocycles. The number of primary sulfonamides is 1. The van der Waals surface area contributed by atoms with Crippen LogP contribution in [-0.4, -0.2) is 35.1 Å². The predicted octanol–water partition coefficient (Wildman–Crippen LogP) is 0.183. The Kier molecular flexibility index (Phi) is 4.78. The topological polar surface area (TPSA) is 123 Å². The van der Waals surface area contributed by atoms with Crippen molar-refractivity contribution in [3.8, 4) is 0 Å². The van der Waals surface area contributed by atoms with Crippen molar-refractivity contribution < 1.29 is 13.5 Å². The van der Waals surface area contributed by atoms with Gasteiger partial charge in [-0.25, -0.2) is 18.2 Å². The predicted molar refractivity (Wildman–Crippen MR) is 77.3 cm³/mol. The van der Waals surface area contributed by atoms with Gasteiger partial charge in [0.1, 0.15) is 5.69 Å². The van der Waals surface area contributed by atoms with E-state index in [0.29, 0.717) is 29.5 Å². The summed E-state index contributed by atoms with van der Waals surface area (Å²) in [6.45, 7) is 0.631. The van der Waals surface area contributed by atoms with E-state index in [1.807, 2.05) is 0 Å². The first kappa shape index (κ1) is 15.7. The quantitative estimate of drug-likeness (QED) is 0.694. The first-order valence-electron chi connectivity index (χ1n) is 5.96. The lowest BCUT2D eigenvalue weighted by Gasteiger charge is -2.08. The van der Waals surface area contributed by atoms with Gasteiger partial charge in [0.15, 0.2) is 0 Å². The van der Waals surface area contributed by atoms with E-state index in [1.54, 1.807) is 6.20 Å². The molecule has 0 aliphatic carbocycles. The number of benzene rings is 1. The monoisotopic (exact) mass is 331 g/mol. The number of rotatable bonds is 6. The molecule has 0 aliphatic heterocycles. The summed E-state index contributed by atoms with van der Waals surface area (Å²) in [6, 6.07) is 4.14. The molecule has 1 aromatic carbocycles. The summed E-state index contributed by atoms with van der Waals surface area (Å²) in [5.74, 6) is 0. The Balaban J connectivity index is 2.12. The fraction of sp³-hybridized carbons (Fsp3) is 0.273. The van der Waals surface area contributed by atoms with Crippen molar-refractivity contribution in [3.05, 3.63) is 35.1 Å². The van der Waals surface area contributed by atoms with Gasteiger partial charge in [0, 0.05) is 0 Å². The van der Waals surface area contributed by atoms with Crippen molar-refractivity contribution in [2.24, 2.45) is 5.14 Å². The molecule has 0 unspecified atom stereocenters. The first-order valence-corrected chi connectivity index (χ1v) is 7.88. The minimum atomic E-state index is -3.79. The summed E-state index contributed by atoms with van der Waals surface area (Å²) < 4.78 is 24.1. The van der Waals surface area contributed by atoms with Gasteiger partial charge in [0.25, 0.3) is 0 Å². The Labute approximate surface area is 126 Å². The summed E-state index contributed by atoms with van der Waals surface area (Å²) >= 11 is 6.00. The smallest absolute Gasteiger partial charge is 0.238 e. The molecule has 0 amide bonds. The Hall–Kier alpha value is -1.68. The lowest BCUT2D eigenvalue weighted by molar-refractivity contribution is 0.268. The molecule has 0 aliphatic rings. The molecule has 10 heteroatoms. The van der Waals surface area contributed by atoms with E-state index in [4.69, 9.17) is 21.8 Å². The van der Waals surface area contributed by atoms with E-state index in [1.165, 1.54) is 22.9 Å². The maximum absolute atomic E-state index is 11.3. The summed E-state index contributed by atoms with van der Waals surface area (Å²) in [4.78, 5) is -0.0293. The number of nitrogens with zero attached hydrogens (tertiary/aromatic N) is 3. The highest BCUT2D eigenvalue weighted by Crippen LogP contribution is 2.25. The van der Waals surface area contributed by atoms with Crippen LogP contribution < -0.4 is 10.5 Å². The molecule has 0 atom stereocenters. The highest BCUT2D eigenvalue weighted by atomic mass is 35.5. The largest absolute Gasteiger partial charge is 0.394 e. The lowest BCUT2D eigenvalue weighted by atomic mass is 10.3. The number of hydrogen-bond acceptors (Lipinski definition) is 6. The maximum Gasteiger partial charge on any atom is 0.238 e. The summed E-state index contributed by atoms with van der Waals surface area (Å²) in [7, 11) is -3.79. The standard InChI is InChI=1S/C11H14ClN5O3S/c12-10-2-1-9(21(13,19)20)5-11(10)14-6-8-7-17(3-4-18)16-15-8/h1-2,5,7,14,18H,3-4,6H2,(H2,13,19,20). The van der Waals surface area contributed by atoms with Crippen molar-refractivity contribution in [2.75, 3.05) is 11.9 Å². The number of nitrogens with one attached hydrogen (secondary N) is 1. The van der Waals surface area contributed by atoms with Crippen molar-refractivity contribution >= 4 is 27.3 Å². The fourth-order valence-electron chi connectivity index (χ4n) is 1.63. The molecular formula is C11H14ClN5O3S. The van der Waals surface area contributed by atoms with Crippen molar-refractivity contribution in [2.45, 2.75) is 18.0 Å². The maximum atomic E-state index is 11.3. The number of hydrogen-bond donors (Lipinski definition) is 3. The Bertz CT molecular complexity index is 731. The number of anilines is 1. The van der Waals surface area contributed by atoms with Crippen LogP contribution in [0.5, 0.6) is 0 Å². The van der Waals surface area contributed by atoms with Crippen LogP contribution in [0.1, 0.15) is 5.69 Å². The van der Waals surface area contributed by atoms with Gasteiger partial charge < -0.3 is 10.4 Å². The molecule has 0 fully saturated rings. The van der Waals surface area contributed by atoms with Gasteiger partial charge >= 0.3 is 0 Å². The molecule has 8 nitrogen and oxygen atoms in total. The van der Waals surface area contributed by atoms with Gasteiger partial charge in [0.2, 0.25) is 10.0 Å². The van der Waals surface area contributed by atoms with Crippen LogP contribution in [0.4, 0.5) is 5.69 Å². The normalized spacial score (nSPS) is 11.6. The number of sulfonamides is 1.